The third kappa shape index (κ3) is 9.13. The van der Waals surface area contributed by atoms with Gasteiger partial charge >= 0.3 is 13.8 Å². The number of amides is 1. The van der Waals surface area contributed by atoms with Gasteiger partial charge in [-0.1, -0.05) is 11.8 Å². The summed E-state index contributed by atoms with van der Waals surface area (Å²) in [6, 6.07) is 2.48. The maximum Gasteiger partial charge on any atom is 0.469 e. The average molecular weight is 544 g/mol. The van der Waals surface area contributed by atoms with Gasteiger partial charge in [-0.25, -0.2) is 28.1 Å². The Hall–Kier alpha value is -3.16. The highest BCUT2D eigenvalue weighted by atomic mass is 32.2. The van der Waals surface area contributed by atoms with Crippen LogP contribution >= 0.6 is 19.6 Å². The number of hydrogen-bond donors (Lipinski definition) is 4. The van der Waals surface area contributed by atoms with E-state index in [1.54, 1.807) is 6.92 Å². The summed E-state index contributed by atoms with van der Waals surface area (Å²) in [7, 11) is -4.83. The molecule has 0 saturated carbocycles. The van der Waals surface area contributed by atoms with Gasteiger partial charge in [0.25, 0.3) is 0 Å². The van der Waals surface area contributed by atoms with Crippen LogP contribution in [0.25, 0.3) is 6.08 Å². The minimum Gasteiger partial charge on any atom is -0.477 e. The number of phosphoric acid groups is 1. The fourth-order valence-corrected chi connectivity index (χ4v) is 4.18. The van der Waals surface area contributed by atoms with Crippen molar-refractivity contribution in [2.75, 3.05) is 12.3 Å². The fourth-order valence-electron chi connectivity index (χ4n) is 2.85. The van der Waals surface area contributed by atoms with Gasteiger partial charge in [-0.2, -0.15) is 0 Å². The predicted molar refractivity (Wildman–Crippen MR) is 128 cm³/mol. The number of thioether (sulfide) groups is 1. The minimum atomic E-state index is -4.83. The molecule has 36 heavy (non-hydrogen) atoms. The van der Waals surface area contributed by atoms with Crippen LogP contribution in [-0.4, -0.2) is 48.7 Å². The first-order valence-electron chi connectivity index (χ1n) is 10.1. The molecule has 1 aromatic carbocycles. The van der Waals surface area contributed by atoms with E-state index < -0.39 is 32.0 Å². The van der Waals surface area contributed by atoms with E-state index >= 15 is 0 Å². The van der Waals surface area contributed by atoms with E-state index in [1.807, 2.05) is 0 Å². The van der Waals surface area contributed by atoms with Crippen LogP contribution in [0.4, 0.5) is 14.6 Å². The minimum absolute atomic E-state index is 0.0716. The summed E-state index contributed by atoms with van der Waals surface area (Å²) < 4.78 is 42.7. The predicted octanol–water partition coefficient (Wildman–Crippen LogP) is 3.19. The zero-order valence-corrected chi connectivity index (χ0v) is 20.8. The molecule has 194 valence electrons. The Kier molecular flexibility index (Phi) is 10.3. The van der Waals surface area contributed by atoms with Crippen molar-refractivity contribution in [1.82, 2.24) is 14.9 Å². The normalized spacial score (nSPS) is 12.8. The lowest BCUT2D eigenvalue weighted by atomic mass is 10.2. The van der Waals surface area contributed by atoms with Crippen molar-refractivity contribution < 1.29 is 42.4 Å². The van der Waals surface area contributed by atoms with Crippen molar-refractivity contribution in [3.05, 3.63) is 68.5 Å². The van der Waals surface area contributed by atoms with Crippen molar-refractivity contribution in [3.8, 4) is 0 Å². The molecule has 15 heteroatoms. The fraction of sp³-hybridized carbons (Fsp3) is 0.238. The molecule has 0 spiro atoms. The Bertz CT molecular complexity index is 1230. The van der Waals surface area contributed by atoms with Gasteiger partial charge in [-0.15, -0.1) is 0 Å². The molecule has 1 heterocycles. The van der Waals surface area contributed by atoms with Gasteiger partial charge in [-0.05, 0) is 37.6 Å². The molecule has 11 nitrogen and oxygen atoms in total. The van der Waals surface area contributed by atoms with Crippen LogP contribution in [0, 0.1) is 18.6 Å². The molecule has 2 rings (SSSR count). The first-order chi connectivity index (χ1) is 16.8. The number of aryl methyl sites for hydroxylation is 1. The van der Waals surface area contributed by atoms with Crippen molar-refractivity contribution in [3.63, 3.8) is 0 Å². The third-order valence-electron chi connectivity index (χ3n) is 4.54. The first kappa shape index (κ1) is 29.1. The van der Waals surface area contributed by atoms with E-state index in [4.69, 9.17) is 15.5 Å². The smallest absolute Gasteiger partial charge is 0.469 e. The number of rotatable bonds is 12. The molecule has 1 amide bonds. The van der Waals surface area contributed by atoms with Crippen molar-refractivity contribution in [2.24, 2.45) is 0 Å². The molecule has 2 aromatic rings. The van der Waals surface area contributed by atoms with Gasteiger partial charge in [-0.3, -0.25) is 9.32 Å². The number of nitrogens with two attached hydrogens (primary N) is 1. The molecule has 0 aliphatic carbocycles. The number of nitrogen functional groups attached to an aromatic ring is 1. The number of halogens is 2. The van der Waals surface area contributed by atoms with Crippen LogP contribution in [0.1, 0.15) is 30.3 Å². The SMILES string of the molecule is C/C(=C(\CCOP(=O)(O)O)S/C(=C/c1cc(F)cc(F)c1)C(=O)O)N(C=O)Cc1cnc(C)nc1N. The van der Waals surface area contributed by atoms with Gasteiger partial charge in [0.05, 0.1) is 18.1 Å². The van der Waals surface area contributed by atoms with E-state index in [-0.39, 0.29) is 39.9 Å². The summed E-state index contributed by atoms with van der Waals surface area (Å²) >= 11 is 0.624. The number of hydrogen-bond acceptors (Lipinski definition) is 8. The van der Waals surface area contributed by atoms with Gasteiger partial charge in [0.15, 0.2) is 0 Å². The second-order valence-electron chi connectivity index (χ2n) is 7.26. The van der Waals surface area contributed by atoms with Crippen molar-refractivity contribution in [1.29, 1.82) is 0 Å². The number of carbonyl (C=O) groups excluding carboxylic acids is 1. The van der Waals surface area contributed by atoms with Crippen LogP contribution in [-0.2, 0) is 25.2 Å². The Labute approximate surface area is 208 Å². The number of phosphoric ester groups is 1. The number of carboxylic acid groups (broad SMARTS) is 1. The quantitative estimate of drug-likeness (QED) is 0.175. The maximum atomic E-state index is 13.6. The highest BCUT2D eigenvalue weighted by molar-refractivity contribution is 8.07. The lowest BCUT2D eigenvalue weighted by Gasteiger charge is -2.22. The summed E-state index contributed by atoms with van der Waals surface area (Å²) in [5.74, 6) is -2.73. The molecule has 0 saturated heterocycles. The monoisotopic (exact) mass is 544 g/mol. The Balaban J connectivity index is 2.47. The highest BCUT2D eigenvalue weighted by Gasteiger charge is 2.20. The Morgan fingerprint density at radius 1 is 1.28 bits per heavy atom. The van der Waals surface area contributed by atoms with E-state index in [0.29, 0.717) is 35.6 Å². The number of anilines is 1. The number of carbonyl (C=O) groups is 2. The maximum absolute atomic E-state index is 13.6. The number of aromatic nitrogens is 2. The molecule has 0 aliphatic rings. The van der Waals surface area contributed by atoms with Gasteiger partial charge in [0.2, 0.25) is 6.41 Å². The number of allylic oxidation sites excluding steroid dienone is 1. The number of carboxylic acids is 1. The molecule has 5 N–H and O–H groups in total. The largest absolute Gasteiger partial charge is 0.477 e. The Morgan fingerprint density at radius 3 is 2.44 bits per heavy atom. The second kappa shape index (κ2) is 12.7. The lowest BCUT2D eigenvalue weighted by Crippen LogP contribution is -2.22. The molecule has 0 radical (unpaired) electrons. The molecule has 0 aliphatic heterocycles. The van der Waals surface area contributed by atoms with E-state index in [9.17, 15) is 28.0 Å². The summed E-state index contributed by atoms with van der Waals surface area (Å²) in [4.78, 5) is 50.8. The zero-order chi connectivity index (χ0) is 27.0. The zero-order valence-electron chi connectivity index (χ0n) is 19.1. The van der Waals surface area contributed by atoms with E-state index in [1.165, 1.54) is 18.0 Å². The second-order valence-corrected chi connectivity index (χ2v) is 9.64. The van der Waals surface area contributed by atoms with Crippen LogP contribution in [0.3, 0.4) is 0 Å². The molecular formula is C21H23F2N4O7PS. The van der Waals surface area contributed by atoms with Gasteiger partial charge in [0.1, 0.15) is 23.3 Å². The number of nitrogens with zero attached hydrogens (tertiary/aromatic N) is 3. The third-order valence-corrected chi connectivity index (χ3v) is 6.31. The van der Waals surface area contributed by atoms with Crippen LogP contribution < -0.4 is 5.73 Å². The molecule has 0 bridgehead atoms. The highest BCUT2D eigenvalue weighted by Crippen LogP contribution is 2.39. The summed E-state index contributed by atoms with van der Waals surface area (Å²) in [6.07, 6.45) is 2.68. The standard InChI is InChI=1S/C21H23F2N4O7PS/c1-12(27(11-28)10-15-9-25-13(2)26-20(15)24)18(3-4-34-35(31,32)33)36-19(21(29)30)7-14-5-16(22)8-17(23)6-14/h5-9,11H,3-4,10H2,1-2H3,(H,29,30)(H2,24,25,26)(H2,31,32,33)/b18-12-,19-7+. The summed E-state index contributed by atoms with van der Waals surface area (Å²) in [6.45, 7) is 2.49. The van der Waals surface area contributed by atoms with E-state index in [0.717, 1.165) is 18.2 Å². The topological polar surface area (TPSA) is 176 Å². The van der Waals surface area contributed by atoms with Crippen LogP contribution in [0.2, 0.25) is 0 Å². The molecule has 0 unspecified atom stereocenters. The van der Waals surface area contributed by atoms with Crippen molar-refractivity contribution >= 4 is 43.9 Å². The van der Waals surface area contributed by atoms with Crippen molar-refractivity contribution in [2.45, 2.75) is 26.8 Å². The molecule has 0 atom stereocenters. The van der Waals surface area contributed by atoms with Crippen LogP contribution in [0.15, 0.2) is 39.9 Å². The average Bonchev–Trinajstić information content (AvgIpc) is 2.75. The summed E-state index contributed by atoms with van der Waals surface area (Å²) in [5, 5.41) is 9.68. The molecule has 0 fully saturated rings. The molecular weight excluding hydrogens is 521 g/mol. The van der Waals surface area contributed by atoms with Gasteiger partial charge in [0, 0.05) is 34.8 Å². The lowest BCUT2D eigenvalue weighted by molar-refractivity contribution is -0.131. The first-order valence-corrected chi connectivity index (χ1v) is 12.4. The van der Waals surface area contributed by atoms with E-state index in [2.05, 4.69) is 14.5 Å². The molecule has 1 aromatic heterocycles. The Morgan fingerprint density at radius 2 is 1.92 bits per heavy atom. The van der Waals surface area contributed by atoms with Crippen LogP contribution in [0.5, 0.6) is 0 Å². The van der Waals surface area contributed by atoms with Gasteiger partial charge < -0.3 is 25.5 Å². The number of aliphatic carboxylic acids is 1. The summed E-state index contributed by atoms with van der Waals surface area (Å²) in [5.41, 5.74) is 6.42. The number of benzene rings is 1.